The largest absolute Gasteiger partial charge is 0.486 e. The number of benzene rings is 2. The van der Waals surface area contributed by atoms with Crippen LogP contribution in [0.3, 0.4) is 0 Å². The van der Waals surface area contributed by atoms with Crippen molar-refractivity contribution in [2.45, 2.75) is 46.4 Å². The summed E-state index contributed by atoms with van der Waals surface area (Å²) in [6.45, 7) is 3.89. The summed E-state index contributed by atoms with van der Waals surface area (Å²) >= 11 is 0. The molecule has 4 nitrogen and oxygen atoms in total. The van der Waals surface area contributed by atoms with Crippen molar-refractivity contribution in [3.8, 4) is 22.5 Å². The molecule has 0 spiro atoms. The Morgan fingerprint density at radius 3 is 2.46 bits per heavy atom. The summed E-state index contributed by atoms with van der Waals surface area (Å²) in [5, 5.41) is 1.90. The molecule has 0 aliphatic carbocycles. The second kappa shape index (κ2) is 12.9. The maximum absolute atomic E-state index is 7.92. The van der Waals surface area contributed by atoms with Crippen molar-refractivity contribution in [1.29, 1.82) is 0 Å². The zero-order chi connectivity index (χ0) is 29.0. The first kappa shape index (κ1) is 24.4. The van der Waals surface area contributed by atoms with Crippen molar-refractivity contribution in [2.75, 3.05) is 0 Å². The van der Waals surface area contributed by atoms with Gasteiger partial charge in [0.2, 0.25) is 5.71 Å². The molecule has 0 saturated carbocycles. The fourth-order valence-electron chi connectivity index (χ4n) is 4.65. The summed E-state index contributed by atoms with van der Waals surface area (Å²) in [5.41, 5.74) is 6.70. The summed E-state index contributed by atoms with van der Waals surface area (Å²) in [6, 6.07) is 29.7. The molecule has 0 bridgehead atoms. The smallest absolute Gasteiger partial charge is 0.216 e. The van der Waals surface area contributed by atoms with Crippen molar-refractivity contribution in [3.63, 3.8) is 0 Å². The number of hydrogen-bond acceptors (Lipinski definition) is 4. The third-order valence-corrected chi connectivity index (χ3v) is 6.71. The normalized spacial score (nSPS) is 12.3. The van der Waals surface area contributed by atoms with E-state index in [1.54, 1.807) is 6.20 Å². The van der Waals surface area contributed by atoms with Gasteiger partial charge in [0.25, 0.3) is 0 Å². The Morgan fingerprint density at radius 2 is 1.74 bits per heavy atom. The van der Waals surface area contributed by atoms with Crippen LogP contribution < -0.4 is 0 Å². The summed E-state index contributed by atoms with van der Waals surface area (Å²) in [4.78, 5) is 13.2. The van der Waals surface area contributed by atoms with E-state index >= 15 is 0 Å². The second-order valence-corrected chi connectivity index (χ2v) is 9.16. The Morgan fingerprint density at radius 1 is 0.897 bits per heavy atom. The van der Waals surface area contributed by atoms with Crippen molar-refractivity contribution in [2.24, 2.45) is 0 Å². The maximum Gasteiger partial charge on any atom is 0.216 e. The number of nitrogens with zero attached hydrogens (tertiary/aromatic N) is 3. The van der Waals surface area contributed by atoms with Crippen LogP contribution >= 0.6 is 0 Å². The summed E-state index contributed by atoms with van der Waals surface area (Å²) in [7, 11) is 0. The van der Waals surface area contributed by atoms with Crippen LogP contribution in [0.25, 0.3) is 44.6 Å². The molecule has 0 aliphatic heterocycles. The number of aryl methyl sites for hydroxylation is 2. The molecular formula is C34H31IrN3O-2. The van der Waals surface area contributed by atoms with E-state index in [-0.39, 0.29) is 26.0 Å². The molecule has 0 aliphatic rings. The third kappa shape index (κ3) is 6.16. The van der Waals surface area contributed by atoms with Crippen LogP contribution in [-0.4, -0.2) is 15.0 Å². The Kier molecular flexibility index (Phi) is 8.08. The molecule has 1 radical (unpaired) electrons. The van der Waals surface area contributed by atoms with E-state index < -0.39 is 6.85 Å². The van der Waals surface area contributed by atoms with Gasteiger partial charge in [-0.25, -0.2) is 4.98 Å². The summed E-state index contributed by atoms with van der Waals surface area (Å²) in [6.07, 6.45) is 5.01. The first-order valence-corrected chi connectivity index (χ1v) is 12.9. The van der Waals surface area contributed by atoms with Crippen LogP contribution in [0.1, 0.15) is 53.5 Å². The molecule has 0 atom stereocenters. The number of hydrogen-bond donors (Lipinski definition) is 0. The Labute approximate surface area is 248 Å². The van der Waals surface area contributed by atoms with E-state index in [0.717, 1.165) is 51.7 Å². The maximum atomic E-state index is 7.92. The quantitative estimate of drug-likeness (QED) is 0.169. The van der Waals surface area contributed by atoms with Gasteiger partial charge in [-0.3, -0.25) is 0 Å². The van der Waals surface area contributed by atoms with Gasteiger partial charge in [0.05, 0.1) is 5.58 Å². The molecule has 0 N–H and O–H groups in total. The fourth-order valence-corrected chi connectivity index (χ4v) is 4.65. The zero-order valence-electron chi connectivity index (χ0n) is 25.2. The predicted molar refractivity (Wildman–Crippen MR) is 155 cm³/mol. The summed E-state index contributed by atoms with van der Waals surface area (Å²) in [5.74, 6) is 0.159. The van der Waals surface area contributed by atoms with Crippen molar-refractivity contribution >= 4 is 22.1 Å². The number of pyridine rings is 3. The number of aromatic nitrogens is 3. The van der Waals surface area contributed by atoms with E-state index in [1.165, 1.54) is 6.20 Å². The fraction of sp³-hybridized carbons (Fsp3) is 0.206. The molecule has 6 rings (SSSR count). The standard InChI is InChI=1S/C23H23N2O.C11H8N.Ir/c1-5-16(6-2)20-12-21(24-13-14(20)3)19-9-7-8-17-18-11-10-15(4)25-23(18)26-22(17)19;1-2-6-10(7-3-1)11-8-4-5-9-12-11;/h7-8,10-13,16H,5-6H2,1-4H3;1-6,8-9H;/q2*-1;/i3D3;;. The zero-order valence-corrected chi connectivity index (χ0v) is 24.6. The van der Waals surface area contributed by atoms with Crippen LogP contribution in [-0.2, 0) is 20.1 Å². The van der Waals surface area contributed by atoms with E-state index in [4.69, 9.17) is 8.53 Å². The number of fused-ring (bicyclic) bond motifs is 3. The monoisotopic (exact) mass is 693 g/mol. The van der Waals surface area contributed by atoms with Crippen LogP contribution in [0.15, 0.2) is 89.6 Å². The van der Waals surface area contributed by atoms with Gasteiger partial charge in [-0.15, -0.1) is 54.1 Å². The molecule has 4 aromatic heterocycles. The molecular weight excluding hydrogens is 659 g/mol. The minimum atomic E-state index is -2.19. The topological polar surface area (TPSA) is 51.8 Å². The molecule has 4 heterocycles. The van der Waals surface area contributed by atoms with Crippen molar-refractivity contribution in [1.82, 2.24) is 15.0 Å². The van der Waals surface area contributed by atoms with E-state index in [2.05, 4.69) is 40.9 Å². The number of rotatable bonds is 5. The molecule has 0 fully saturated rings. The molecule has 0 amide bonds. The first-order chi connectivity index (χ1) is 19.8. The van der Waals surface area contributed by atoms with Crippen LogP contribution in [0.4, 0.5) is 0 Å². The minimum absolute atomic E-state index is 0. The molecule has 199 valence electrons. The average molecular weight is 693 g/mol. The summed E-state index contributed by atoms with van der Waals surface area (Å²) < 4.78 is 29.8. The van der Waals surface area contributed by atoms with Gasteiger partial charge in [0, 0.05) is 47.7 Å². The van der Waals surface area contributed by atoms with Crippen molar-refractivity contribution in [3.05, 3.63) is 114 Å². The number of furan rings is 1. The SMILES string of the molecule is [2H]C([2H])([2H])c1cnc(-c2[c-]ccc3c2oc2nc(C)ccc23)cc1C(CC)CC.[Ir].[c-]1ccccc1-c1ccccn1. The molecule has 2 aromatic carbocycles. The van der Waals surface area contributed by atoms with Crippen LogP contribution in [0.5, 0.6) is 0 Å². The first-order valence-electron chi connectivity index (χ1n) is 14.4. The molecule has 0 unspecified atom stereocenters. The van der Waals surface area contributed by atoms with Crippen LogP contribution in [0, 0.1) is 25.9 Å². The van der Waals surface area contributed by atoms with E-state index in [1.807, 2.05) is 79.7 Å². The van der Waals surface area contributed by atoms with Gasteiger partial charge in [-0.2, -0.15) is 0 Å². The average Bonchev–Trinajstić information content (AvgIpc) is 3.36. The second-order valence-electron chi connectivity index (χ2n) is 9.16. The third-order valence-electron chi connectivity index (χ3n) is 6.71. The van der Waals surface area contributed by atoms with Crippen LogP contribution in [0.2, 0.25) is 0 Å². The van der Waals surface area contributed by atoms with Gasteiger partial charge < -0.3 is 14.4 Å². The molecule has 5 heteroatoms. The van der Waals surface area contributed by atoms with Gasteiger partial charge in [0.1, 0.15) is 0 Å². The predicted octanol–water partition coefficient (Wildman–Crippen LogP) is 8.91. The molecule has 0 saturated heterocycles. The Bertz CT molecular complexity index is 1730. The molecule has 39 heavy (non-hydrogen) atoms. The van der Waals surface area contributed by atoms with E-state index in [0.29, 0.717) is 22.6 Å². The van der Waals surface area contributed by atoms with Gasteiger partial charge in [0.15, 0.2) is 0 Å². The van der Waals surface area contributed by atoms with E-state index in [9.17, 15) is 0 Å². The van der Waals surface area contributed by atoms with Crippen molar-refractivity contribution < 1.29 is 28.6 Å². The van der Waals surface area contributed by atoms with Gasteiger partial charge >= 0.3 is 0 Å². The Hall–Kier alpha value is -3.66. The minimum Gasteiger partial charge on any atom is -0.486 e. The van der Waals surface area contributed by atoms with Gasteiger partial charge in [-0.05, 0) is 73.2 Å². The van der Waals surface area contributed by atoms with Gasteiger partial charge in [-0.1, -0.05) is 43.0 Å². The molecule has 6 aromatic rings. The Balaban J connectivity index is 0.000000261.